The van der Waals surface area contributed by atoms with Crippen LogP contribution in [0.15, 0.2) is 34.9 Å². The number of hydrogen-bond donors (Lipinski definition) is 2. The van der Waals surface area contributed by atoms with E-state index in [-0.39, 0.29) is 6.42 Å². The zero-order chi connectivity index (χ0) is 14.5. The van der Waals surface area contributed by atoms with Gasteiger partial charge in [-0.3, -0.25) is 4.79 Å². The first kappa shape index (κ1) is 14.5. The molecule has 0 atom stereocenters. The van der Waals surface area contributed by atoms with Crippen molar-refractivity contribution in [1.29, 1.82) is 0 Å². The van der Waals surface area contributed by atoms with Crippen molar-refractivity contribution in [3.63, 3.8) is 0 Å². The molecule has 1 aromatic heterocycles. The van der Waals surface area contributed by atoms with E-state index in [2.05, 4.69) is 31.2 Å². The van der Waals surface area contributed by atoms with Crippen LogP contribution < -0.4 is 5.32 Å². The molecule has 2 aromatic rings. The van der Waals surface area contributed by atoms with Gasteiger partial charge in [-0.1, -0.05) is 22.0 Å². The smallest absolute Gasteiger partial charge is 0.303 e. The van der Waals surface area contributed by atoms with E-state index in [1.165, 1.54) is 0 Å². The Morgan fingerprint density at radius 1 is 1.40 bits per heavy atom. The van der Waals surface area contributed by atoms with E-state index in [0.717, 1.165) is 15.7 Å². The fourth-order valence-electron chi connectivity index (χ4n) is 1.63. The fraction of sp³-hybridized carbons (Fsp3) is 0.214. The molecule has 0 unspecified atom stereocenters. The second kappa shape index (κ2) is 6.47. The summed E-state index contributed by atoms with van der Waals surface area (Å²) in [4.78, 5) is 18.9. The number of carbonyl (C=O) groups is 1. The molecule has 0 spiro atoms. The van der Waals surface area contributed by atoms with Crippen LogP contribution in [0.3, 0.4) is 0 Å². The number of rotatable bonds is 5. The monoisotopic (exact) mass is 335 g/mol. The number of carboxylic acid groups (broad SMARTS) is 1. The van der Waals surface area contributed by atoms with Gasteiger partial charge in [0, 0.05) is 22.8 Å². The third-order valence-corrected chi connectivity index (χ3v) is 3.57. The zero-order valence-corrected chi connectivity index (χ0v) is 12.5. The van der Waals surface area contributed by atoms with Gasteiger partial charge in [0.1, 0.15) is 11.6 Å². The number of halogens is 1. The summed E-state index contributed by atoms with van der Waals surface area (Å²) in [6, 6.07) is 7.67. The Morgan fingerprint density at radius 2 is 2.20 bits per heavy atom. The molecule has 2 N–H and O–H groups in total. The topological polar surface area (TPSA) is 75.1 Å². The molecule has 0 bridgehead atoms. The van der Waals surface area contributed by atoms with Gasteiger partial charge in [-0.15, -0.1) is 0 Å². The number of aryl methyl sites for hydroxylation is 2. The van der Waals surface area contributed by atoms with Gasteiger partial charge < -0.3 is 10.4 Å². The van der Waals surface area contributed by atoms with Crippen LogP contribution in [-0.2, 0) is 11.2 Å². The van der Waals surface area contributed by atoms with Crippen molar-refractivity contribution in [2.45, 2.75) is 19.8 Å². The number of nitrogens with zero attached hydrogens (tertiary/aromatic N) is 2. The highest BCUT2D eigenvalue weighted by Crippen LogP contribution is 2.22. The van der Waals surface area contributed by atoms with Gasteiger partial charge in [-0.05, 0) is 30.7 Å². The summed E-state index contributed by atoms with van der Waals surface area (Å²) in [6.45, 7) is 2.02. The molecular weight excluding hydrogens is 322 g/mol. The SMILES string of the molecule is Cc1ccc(Nc2ccnc(CCC(=O)O)n2)cc1Br. The van der Waals surface area contributed by atoms with E-state index in [1.807, 2.05) is 25.1 Å². The molecular formula is C14H14BrN3O2. The summed E-state index contributed by atoms with van der Waals surface area (Å²) in [5.41, 5.74) is 2.06. The molecule has 1 aromatic carbocycles. The lowest BCUT2D eigenvalue weighted by atomic mass is 10.2. The summed E-state index contributed by atoms with van der Waals surface area (Å²) < 4.78 is 1.02. The number of benzene rings is 1. The van der Waals surface area contributed by atoms with E-state index in [1.54, 1.807) is 12.3 Å². The van der Waals surface area contributed by atoms with Crippen LogP contribution in [0.25, 0.3) is 0 Å². The molecule has 2 rings (SSSR count). The maximum absolute atomic E-state index is 10.5. The largest absolute Gasteiger partial charge is 0.481 e. The summed E-state index contributed by atoms with van der Waals surface area (Å²) in [5.74, 6) is 0.314. The molecule has 6 heteroatoms. The molecule has 0 saturated heterocycles. The summed E-state index contributed by atoms with van der Waals surface area (Å²) in [5, 5.41) is 11.8. The lowest BCUT2D eigenvalue weighted by Gasteiger charge is -2.08. The maximum atomic E-state index is 10.5. The standard InChI is InChI=1S/C14H14BrN3O2/c1-9-2-3-10(8-11(9)15)17-13-6-7-16-12(18-13)4-5-14(19)20/h2-3,6-8H,4-5H2,1H3,(H,19,20)(H,16,17,18). The average molecular weight is 336 g/mol. The first-order valence-corrected chi connectivity index (χ1v) is 6.91. The zero-order valence-electron chi connectivity index (χ0n) is 10.9. The Labute approximate surface area is 125 Å². The summed E-state index contributed by atoms with van der Waals surface area (Å²) in [6.07, 6.45) is 1.97. The minimum Gasteiger partial charge on any atom is -0.481 e. The Kier molecular flexibility index (Phi) is 4.68. The number of hydrogen-bond acceptors (Lipinski definition) is 4. The molecule has 104 valence electrons. The number of carboxylic acids is 1. The number of nitrogens with one attached hydrogen (secondary N) is 1. The lowest BCUT2D eigenvalue weighted by Crippen LogP contribution is -2.03. The number of aliphatic carboxylic acids is 1. The highest BCUT2D eigenvalue weighted by atomic mass is 79.9. The highest BCUT2D eigenvalue weighted by Gasteiger charge is 2.04. The van der Waals surface area contributed by atoms with Crippen molar-refractivity contribution in [2.75, 3.05) is 5.32 Å². The molecule has 20 heavy (non-hydrogen) atoms. The van der Waals surface area contributed by atoms with Crippen LogP contribution in [0.4, 0.5) is 11.5 Å². The Morgan fingerprint density at radius 3 is 2.90 bits per heavy atom. The van der Waals surface area contributed by atoms with E-state index < -0.39 is 5.97 Å². The summed E-state index contributed by atoms with van der Waals surface area (Å²) >= 11 is 3.48. The van der Waals surface area contributed by atoms with Crippen LogP contribution in [0, 0.1) is 6.92 Å². The Balaban J connectivity index is 2.10. The third kappa shape index (κ3) is 4.03. The van der Waals surface area contributed by atoms with Crippen molar-refractivity contribution < 1.29 is 9.90 Å². The minimum atomic E-state index is -0.852. The van der Waals surface area contributed by atoms with Crippen molar-refractivity contribution in [3.8, 4) is 0 Å². The molecule has 0 radical (unpaired) electrons. The van der Waals surface area contributed by atoms with Gasteiger partial charge in [0.15, 0.2) is 0 Å². The molecule has 0 aliphatic carbocycles. The second-order valence-electron chi connectivity index (χ2n) is 4.34. The van der Waals surface area contributed by atoms with Gasteiger partial charge in [-0.25, -0.2) is 9.97 Å². The Hall–Kier alpha value is -1.95. The van der Waals surface area contributed by atoms with E-state index in [0.29, 0.717) is 18.1 Å². The minimum absolute atomic E-state index is 0.0273. The quantitative estimate of drug-likeness (QED) is 0.876. The third-order valence-electron chi connectivity index (χ3n) is 2.71. The molecule has 0 aliphatic rings. The van der Waals surface area contributed by atoms with Crippen molar-refractivity contribution in [1.82, 2.24) is 9.97 Å². The summed E-state index contributed by atoms with van der Waals surface area (Å²) in [7, 11) is 0. The van der Waals surface area contributed by atoms with Crippen LogP contribution in [0.5, 0.6) is 0 Å². The van der Waals surface area contributed by atoms with E-state index >= 15 is 0 Å². The maximum Gasteiger partial charge on any atom is 0.303 e. The van der Waals surface area contributed by atoms with Gasteiger partial charge in [0.2, 0.25) is 0 Å². The molecule has 0 aliphatic heterocycles. The van der Waals surface area contributed by atoms with Gasteiger partial charge in [0.05, 0.1) is 6.42 Å². The van der Waals surface area contributed by atoms with E-state index in [9.17, 15) is 4.79 Å². The molecule has 5 nitrogen and oxygen atoms in total. The fourth-order valence-corrected chi connectivity index (χ4v) is 2.01. The normalized spacial score (nSPS) is 10.3. The predicted molar refractivity (Wildman–Crippen MR) is 80.2 cm³/mol. The van der Waals surface area contributed by atoms with Crippen LogP contribution in [0.2, 0.25) is 0 Å². The molecule has 0 fully saturated rings. The number of aromatic nitrogens is 2. The van der Waals surface area contributed by atoms with Crippen LogP contribution >= 0.6 is 15.9 Å². The Bertz CT molecular complexity index is 632. The lowest BCUT2D eigenvalue weighted by molar-refractivity contribution is -0.137. The predicted octanol–water partition coefficient (Wildman–Crippen LogP) is 3.31. The first-order valence-electron chi connectivity index (χ1n) is 6.11. The average Bonchev–Trinajstić information content (AvgIpc) is 2.41. The van der Waals surface area contributed by atoms with Crippen molar-refractivity contribution in [3.05, 3.63) is 46.3 Å². The number of anilines is 2. The molecule has 0 saturated carbocycles. The van der Waals surface area contributed by atoms with Crippen LogP contribution in [-0.4, -0.2) is 21.0 Å². The first-order chi connectivity index (χ1) is 9.54. The van der Waals surface area contributed by atoms with Gasteiger partial charge >= 0.3 is 5.97 Å². The molecule has 0 amide bonds. The van der Waals surface area contributed by atoms with Gasteiger partial charge in [-0.2, -0.15) is 0 Å². The highest BCUT2D eigenvalue weighted by molar-refractivity contribution is 9.10. The second-order valence-corrected chi connectivity index (χ2v) is 5.20. The van der Waals surface area contributed by atoms with Crippen LogP contribution in [0.1, 0.15) is 17.8 Å². The van der Waals surface area contributed by atoms with Crippen molar-refractivity contribution >= 4 is 33.4 Å². The molecule has 1 heterocycles. The van der Waals surface area contributed by atoms with E-state index in [4.69, 9.17) is 5.11 Å². The van der Waals surface area contributed by atoms with Crippen molar-refractivity contribution in [2.24, 2.45) is 0 Å². The van der Waals surface area contributed by atoms with Gasteiger partial charge in [0.25, 0.3) is 0 Å².